The molecule has 0 aliphatic rings. The number of amides is 8. The van der Waals surface area contributed by atoms with E-state index in [9.17, 15) is 53.4 Å². The van der Waals surface area contributed by atoms with Gasteiger partial charge in [-0.25, -0.2) is 19.3 Å². The summed E-state index contributed by atoms with van der Waals surface area (Å²) in [4.78, 5) is 103. The Morgan fingerprint density at radius 1 is 0.675 bits per heavy atom. The van der Waals surface area contributed by atoms with Crippen LogP contribution in [0.5, 0.6) is 0 Å². The SMILES string of the molecule is O=CN(C=O)CCCCC(C(O)O)N(C=O)C(=O)OCCOC(=O)N(C=O)CCCCC(C(=O)O)N(C=O)C=O. The highest BCUT2D eigenvalue weighted by Crippen LogP contribution is 2.13. The number of aliphatic hydroxyl groups is 2. The maximum atomic E-state index is 12.2. The summed E-state index contributed by atoms with van der Waals surface area (Å²) in [5, 5.41) is 28.2. The Labute approximate surface area is 228 Å². The zero-order chi connectivity index (χ0) is 30.5. The lowest BCUT2D eigenvalue weighted by Crippen LogP contribution is -2.47. The van der Waals surface area contributed by atoms with Crippen molar-refractivity contribution in [2.75, 3.05) is 26.3 Å². The number of carbonyl (C=O) groups excluding carboxylic acids is 8. The maximum absolute atomic E-state index is 12.2. The van der Waals surface area contributed by atoms with E-state index in [-0.39, 0.29) is 77.3 Å². The third-order valence-corrected chi connectivity index (χ3v) is 5.37. The average molecular weight is 577 g/mol. The normalized spacial score (nSPS) is 11.8. The molecule has 0 spiro atoms. The fourth-order valence-electron chi connectivity index (χ4n) is 3.26. The van der Waals surface area contributed by atoms with Crippen molar-refractivity contribution in [1.29, 1.82) is 0 Å². The minimum Gasteiger partial charge on any atom is -0.480 e. The van der Waals surface area contributed by atoms with Crippen LogP contribution in [0, 0.1) is 0 Å². The minimum atomic E-state index is -2.13. The molecule has 0 rings (SSSR count). The van der Waals surface area contributed by atoms with Crippen LogP contribution in [0.2, 0.25) is 0 Å². The van der Waals surface area contributed by atoms with Gasteiger partial charge in [-0.3, -0.25) is 43.5 Å². The summed E-state index contributed by atoms with van der Waals surface area (Å²) in [6.07, 6.45) is -3.19. The molecular formula is C22H32N4O14. The summed E-state index contributed by atoms with van der Waals surface area (Å²) < 4.78 is 9.59. The van der Waals surface area contributed by atoms with E-state index in [4.69, 9.17) is 14.6 Å². The molecule has 0 radical (unpaired) electrons. The number of ether oxygens (including phenoxy) is 2. The lowest BCUT2D eigenvalue weighted by Gasteiger charge is -2.27. The van der Waals surface area contributed by atoms with Gasteiger partial charge < -0.3 is 24.8 Å². The van der Waals surface area contributed by atoms with E-state index < -0.39 is 49.7 Å². The monoisotopic (exact) mass is 576 g/mol. The molecule has 224 valence electrons. The van der Waals surface area contributed by atoms with Gasteiger partial charge in [0.15, 0.2) is 6.29 Å². The number of rotatable bonds is 23. The largest absolute Gasteiger partial charge is 0.480 e. The van der Waals surface area contributed by atoms with Gasteiger partial charge in [-0.15, -0.1) is 0 Å². The van der Waals surface area contributed by atoms with Crippen LogP contribution in [0.15, 0.2) is 0 Å². The Kier molecular flexibility index (Phi) is 18.2. The van der Waals surface area contributed by atoms with E-state index in [0.29, 0.717) is 27.5 Å². The zero-order valence-corrected chi connectivity index (χ0v) is 21.4. The van der Waals surface area contributed by atoms with Gasteiger partial charge in [0.1, 0.15) is 19.3 Å². The number of imide groups is 4. The van der Waals surface area contributed by atoms with E-state index in [0.717, 1.165) is 4.90 Å². The Morgan fingerprint density at radius 2 is 1.23 bits per heavy atom. The number of aliphatic carboxylic acids is 1. The number of nitrogens with zero attached hydrogens (tertiary/aromatic N) is 4. The predicted octanol–water partition coefficient (Wildman–Crippen LogP) is -2.12. The second kappa shape index (κ2) is 20.5. The average Bonchev–Trinajstić information content (AvgIpc) is 2.93. The van der Waals surface area contributed by atoms with Crippen molar-refractivity contribution >= 4 is 56.6 Å². The lowest BCUT2D eigenvalue weighted by atomic mass is 10.1. The van der Waals surface area contributed by atoms with Gasteiger partial charge in [-0.1, -0.05) is 0 Å². The fraction of sp³-hybridized carbons (Fsp3) is 0.591. The third kappa shape index (κ3) is 12.9. The van der Waals surface area contributed by atoms with Crippen molar-refractivity contribution in [3.8, 4) is 0 Å². The van der Waals surface area contributed by atoms with Crippen LogP contribution in [0.1, 0.15) is 38.5 Å². The van der Waals surface area contributed by atoms with E-state index in [1.165, 1.54) is 0 Å². The molecule has 0 aromatic carbocycles. The van der Waals surface area contributed by atoms with Crippen molar-refractivity contribution in [1.82, 2.24) is 19.6 Å². The first-order chi connectivity index (χ1) is 19.1. The summed E-state index contributed by atoms with van der Waals surface area (Å²) in [7, 11) is 0. The third-order valence-electron chi connectivity index (χ3n) is 5.37. The molecule has 18 heteroatoms. The number of unbranched alkanes of at least 4 members (excludes halogenated alkanes) is 2. The number of carbonyl (C=O) groups is 9. The molecule has 8 amide bonds. The highest BCUT2D eigenvalue weighted by atomic mass is 16.6. The molecule has 0 bridgehead atoms. The number of carboxylic acids is 1. The molecular weight excluding hydrogens is 544 g/mol. The highest BCUT2D eigenvalue weighted by Gasteiger charge is 2.30. The summed E-state index contributed by atoms with van der Waals surface area (Å²) >= 11 is 0. The van der Waals surface area contributed by atoms with Crippen molar-refractivity contribution in [2.45, 2.75) is 56.9 Å². The fourth-order valence-corrected chi connectivity index (χ4v) is 3.26. The van der Waals surface area contributed by atoms with Crippen molar-refractivity contribution in [3.63, 3.8) is 0 Å². The summed E-state index contributed by atoms with van der Waals surface area (Å²) in [5.74, 6) is -1.41. The molecule has 40 heavy (non-hydrogen) atoms. The minimum absolute atomic E-state index is 0.00799. The topological polar surface area (TPSA) is 246 Å². The zero-order valence-electron chi connectivity index (χ0n) is 21.4. The number of carboxylic acid groups (broad SMARTS) is 1. The van der Waals surface area contributed by atoms with Crippen LogP contribution >= 0.6 is 0 Å². The Hall–Kier alpha value is -4.45. The summed E-state index contributed by atoms with van der Waals surface area (Å²) in [6.45, 7) is -1.27. The van der Waals surface area contributed by atoms with Gasteiger partial charge in [0.25, 0.3) is 0 Å². The Morgan fingerprint density at radius 3 is 1.70 bits per heavy atom. The van der Waals surface area contributed by atoms with Gasteiger partial charge >= 0.3 is 18.2 Å². The Balaban J connectivity index is 4.63. The van der Waals surface area contributed by atoms with Crippen LogP contribution in [0.25, 0.3) is 0 Å². The molecule has 0 fully saturated rings. The van der Waals surface area contributed by atoms with Gasteiger partial charge in [-0.05, 0) is 38.5 Å². The van der Waals surface area contributed by atoms with Crippen LogP contribution < -0.4 is 0 Å². The second-order valence-corrected chi connectivity index (χ2v) is 7.97. The van der Waals surface area contributed by atoms with Crippen LogP contribution in [0.3, 0.4) is 0 Å². The maximum Gasteiger partial charge on any atom is 0.416 e. The first-order valence-corrected chi connectivity index (χ1v) is 11.8. The summed E-state index contributed by atoms with van der Waals surface area (Å²) in [5.41, 5.74) is 0. The molecule has 0 aromatic heterocycles. The molecule has 0 aromatic rings. The number of hydrogen-bond donors (Lipinski definition) is 3. The molecule has 2 atom stereocenters. The van der Waals surface area contributed by atoms with E-state index in [1.807, 2.05) is 0 Å². The highest BCUT2D eigenvalue weighted by molar-refractivity contribution is 5.82. The molecule has 2 unspecified atom stereocenters. The quantitative estimate of drug-likeness (QED) is 0.0669. The molecule has 0 aliphatic carbocycles. The van der Waals surface area contributed by atoms with E-state index >= 15 is 0 Å². The van der Waals surface area contributed by atoms with Gasteiger partial charge in [0.2, 0.25) is 38.5 Å². The standard InChI is InChI=1S/C22H32N4O14/c27-11-23(12-28)7-3-1-6-18(20(35)36)26(16-32)22(38)40-10-9-39-21(37)24(13-29)8-4-2-5-17(19(33)34)25(14-30)15-31/h11-18,20,35-36H,1-10H2,(H,33,34). The van der Waals surface area contributed by atoms with E-state index in [2.05, 4.69) is 0 Å². The van der Waals surface area contributed by atoms with Gasteiger partial charge in [-0.2, -0.15) is 0 Å². The molecule has 0 saturated carbocycles. The molecule has 18 nitrogen and oxygen atoms in total. The smallest absolute Gasteiger partial charge is 0.416 e. The van der Waals surface area contributed by atoms with E-state index in [1.54, 1.807) is 0 Å². The molecule has 0 aliphatic heterocycles. The van der Waals surface area contributed by atoms with Crippen molar-refractivity contribution in [2.24, 2.45) is 0 Å². The molecule has 0 saturated heterocycles. The second-order valence-electron chi connectivity index (χ2n) is 7.97. The first-order valence-electron chi connectivity index (χ1n) is 11.8. The Bertz CT molecular complexity index is 854. The van der Waals surface area contributed by atoms with Gasteiger partial charge in [0, 0.05) is 13.1 Å². The van der Waals surface area contributed by atoms with Crippen LogP contribution in [-0.2, 0) is 43.0 Å². The summed E-state index contributed by atoms with van der Waals surface area (Å²) in [6, 6.07) is -2.82. The predicted molar refractivity (Wildman–Crippen MR) is 127 cm³/mol. The molecule has 3 N–H and O–H groups in total. The van der Waals surface area contributed by atoms with Crippen molar-refractivity contribution in [3.05, 3.63) is 0 Å². The molecule has 0 heterocycles. The number of aliphatic hydroxyl groups excluding tert-OH is 1. The number of hydrogen-bond acceptors (Lipinski definition) is 13. The van der Waals surface area contributed by atoms with Gasteiger partial charge in [0.05, 0.1) is 6.04 Å². The van der Waals surface area contributed by atoms with Crippen LogP contribution in [-0.4, -0.2) is 136 Å². The lowest BCUT2D eigenvalue weighted by molar-refractivity contribution is -0.150. The first kappa shape index (κ1) is 35.5. The van der Waals surface area contributed by atoms with Crippen LogP contribution in [0.4, 0.5) is 9.59 Å². The van der Waals surface area contributed by atoms with Crippen molar-refractivity contribution < 1.29 is 67.9 Å².